The molecule has 6 aromatic rings. The molecule has 114 heavy (non-hydrogen) atoms. The van der Waals surface area contributed by atoms with E-state index in [2.05, 4.69) is 114 Å². The van der Waals surface area contributed by atoms with Crippen LogP contribution in [0.3, 0.4) is 0 Å². The standard InChI is InChI=1S/C90H124As2N5O16P/c1-56(2)97(57(3)4)114(103-51-49-93-27)105-67(55-102-90(62-34-31-30-32-35-62,63-40-44-65(99-28)45-41-63)64-42-46-66(100-29)47-43-64)54-101-50-33-48-94-79(98)61-38-36-60(37-39-61)72-68-52-70-75(95-58(5)80(70,7)8)73(91(106-82(11,12)83(13,14)107-91)108-84(15,16)85(17,18)109-91)77(68)104-78-69(72)53-71-76(96-59(6)81(71,9)10)74(78)92(110-86(19,20)87(21,22)111-92)112-88(23,24)89(25,26)113-92/h30-32,34-47,52-53,56-59,67,95H,33,48-51,54-55H2,1-26,28-29H3,(H,94,98). The van der Waals surface area contributed by atoms with Crippen LogP contribution < -0.4 is 44.1 Å². The monoisotopic (exact) mass is 1710 g/mol. The van der Waals surface area contributed by atoms with Crippen LogP contribution in [0, 0.1) is 6.57 Å². The Morgan fingerprint density at radius 2 is 1.07 bits per heavy atom. The number of rotatable bonds is 26. The van der Waals surface area contributed by atoms with Crippen molar-refractivity contribution in [2.75, 3.05) is 59.1 Å². The number of benzene rings is 6. The van der Waals surface area contributed by atoms with Gasteiger partial charge in [0, 0.05) is 18.7 Å². The van der Waals surface area contributed by atoms with E-state index in [-0.39, 0.29) is 63.0 Å². The van der Waals surface area contributed by atoms with Crippen LogP contribution in [-0.2, 0) is 64.8 Å². The number of nitrogens with one attached hydrogen (secondary N) is 2. The van der Waals surface area contributed by atoms with Crippen molar-refractivity contribution in [3.63, 3.8) is 0 Å². The summed E-state index contributed by atoms with van der Waals surface area (Å²) in [5.41, 5.74) is -1.99. The Labute approximate surface area is 681 Å². The zero-order chi connectivity index (χ0) is 83.2. The Hall–Kier alpha value is -5.82. The van der Waals surface area contributed by atoms with E-state index in [0.29, 0.717) is 55.6 Å². The van der Waals surface area contributed by atoms with Gasteiger partial charge in [0.05, 0.1) is 27.4 Å². The van der Waals surface area contributed by atoms with Gasteiger partial charge in [0.25, 0.3) is 8.53 Å². The summed E-state index contributed by atoms with van der Waals surface area (Å²) in [7, 11) is 1.56. The minimum absolute atomic E-state index is 0.0325. The molecule has 4 atom stereocenters. The van der Waals surface area contributed by atoms with Gasteiger partial charge >= 0.3 is 428 Å². The molecule has 7 aliphatic heterocycles. The Morgan fingerprint density at radius 3 is 1.54 bits per heavy atom. The quantitative estimate of drug-likeness (QED) is 0.0170. The number of ether oxygens (including phenoxy) is 5. The number of carbonyl (C=O) groups excluding carboxylic acids is 1. The number of amides is 1. The molecule has 7 aliphatic rings. The first-order valence-electron chi connectivity index (χ1n) is 40.4. The summed E-state index contributed by atoms with van der Waals surface area (Å²) in [5, 5.41) is 8.57. The van der Waals surface area contributed by atoms with Gasteiger partial charge in [-0.2, -0.15) is 0 Å². The van der Waals surface area contributed by atoms with Crippen LogP contribution >= 0.6 is 8.53 Å². The molecule has 0 radical (unpaired) electrons. The Bertz CT molecular complexity index is 4660. The second-order valence-electron chi connectivity index (χ2n) is 37.4. The van der Waals surface area contributed by atoms with Crippen molar-refractivity contribution in [3.05, 3.63) is 182 Å². The summed E-state index contributed by atoms with van der Waals surface area (Å²) in [6, 6.07) is 38.0. The molecule has 6 aromatic carbocycles. The third-order valence-electron chi connectivity index (χ3n) is 26.1. The van der Waals surface area contributed by atoms with Gasteiger partial charge in [0.2, 0.25) is 6.54 Å². The second-order valence-corrected chi connectivity index (χ2v) is 50.5. The zero-order valence-corrected chi connectivity index (χ0v) is 77.2. The van der Waals surface area contributed by atoms with Gasteiger partial charge in [-0.05, 0) is 68.7 Å². The minimum Gasteiger partial charge on any atom is -0.497 e. The first-order valence-corrected chi connectivity index (χ1v) is 49.5. The molecule has 24 heteroatoms. The molecule has 0 aliphatic carbocycles. The maximum Gasteiger partial charge on any atom is 0.143 e. The smallest absolute Gasteiger partial charge is 0.143 e. The number of fused-ring (bicyclic) bond motifs is 4. The fourth-order valence-corrected chi connectivity index (χ4v) is 41.9. The predicted octanol–water partition coefficient (Wildman–Crippen LogP) is 15.9. The molecule has 13 rings (SSSR count). The molecular weight excluding hydrogens is 1590 g/mol. The van der Waals surface area contributed by atoms with Gasteiger partial charge < -0.3 is 32.8 Å². The van der Waals surface area contributed by atoms with Crippen molar-refractivity contribution in [1.82, 2.24) is 9.99 Å². The summed E-state index contributed by atoms with van der Waals surface area (Å²) in [4.78, 5) is 24.1. The summed E-state index contributed by atoms with van der Waals surface area (Å²) in [6.07, 6.45) is -0.224. The van der Waals surface area contributed by atoms with Crippen molar-refractivity contribution in [2.24, 2.45) is 4.99 Å². The summed E-state index contributed by atoms with van der Waals surface area (Å²) >= 11 is -12.3. The largest absolute Gasteiger partial charge is 0.497 e. The number of anilines is 1. The summed E-state index contributed by atoms with van der Waals surface area (Å²) in [6.45, 7) is 63.1. The van der Waals surface area contributed by atoms with Gasteiger partial charge in [-0.3, -0.25) is 0 Å². The van der Waals surface area contributed by atoms with Crippen molar-refractivity contribution in [3.8, 4) is 23.0 Å². The van der Waals surface area contributed by atoms with E-state index in [9.17, 15) is 4.79 Å². The predicted molar refractivity (Wildman–Crippen MR) is 450 cm³/mol. The van der Waals surface area contributed by atoms with Crippen LogP contribution in [0.4, 0.5) is 5.69 Å². The summed E-state index contributed by atoms with van der Waals surface area (Å²) < 4.78 is 113. The molecule has 2 N–H and O–H groups in total. The van der Waals surface area contributed by atoms with E-state index in [1.807, 2.05) is 202 Å². The molecule has 620 valence electrons. The van der Waals surface area contributed by atoms with Crippen molar-refractivity contribution in [1.29, 1.82) is 0 Å². The third-order valence-corrected chi connectivity index (χ3v) is 46.0. The topological polar surface area (TPSA) is 200 Å². The van der Waals surface area contributed by atoms with E-state index in [0.717, 1.165) is 55.4 Å². The fraction of sp³-hybridized carbons (Fsp3) is 0.567. The molecule has 2 spiro atoms. The van der Waals surface area contributed by atoms with Crippen LogP contribution in [0.15, 0.2) is 120 Å². The van der Waals surface area contributed by atoms with Gasteiger partial charge in [-0.25, -0.2) is 11.2 Å². The Kier molecular flexibility index (Phi) is 22.1. The number of methoxy groups -OCH3 is 2. The fourth-order valence-electron chi connectivity index (χ4n) is 16.5. The number of hydrogen-bond donors (Lipinski definition) is 2. The molecule has 0 bridgehead atoms. The molecule has 0 saturated carbocycles. The molecule has 7 heterocycles. The maximum atomic E-state index is 14.8. The van der Waals surface area contributed by atoms with Crippen LogP contribution in [-0.4, -0.2) is 167 Å². The summed E-state index contributed by atoms with van der Waals surface area (Å²) in [5.74, 6) is 1.93. The van der Waals surface area contributed by atoms with Crippen molar-refractivity contribution >= 4 is 62.0 Å². The van der Waals surface area contributed by atoms with Crippen LogP contribution in [0.1, 0.15) is 236 Å². The van der Waals surface area contributed by atoms with Crippen LogP contribution in [0.5, 0.6) is 23.0 Å². The molecule has 0 aromatic heterocycles. The number of nitrogens with zero attached hydrogens (tertiary/aromatic N) is 3. The SMILES string of the molecule is [C-]#[N+]CCOP(OC(COCCCNC(=O)c1ccc(C2=c3cc4c(c([As]56(OC(C)(C)C(C)(C)O5)OC(C)(C)C(C)(C)O6)c3Oc3c2cc2c(c3[As]35(OC(C)(C)C(C)(C)O3)OC(C)(C)C(C)(C)O5)NC(C)C2(C)C)=NC(C)C4(C)C)cc1)COC(c1ccccc1)(c1ccc(OC)cc1)c1ccc(OC)cc1)N(C(C)C)C(C)C. The number of hydrogen-bond acceptors (Lipinski definition) is 19. The van der Waals surface area contributed by atoms with E-state index in [4.69, 9.17) is 74.1 Å². The van der Waals surface area contributed by atoms with E-state index >= 15 is 0 Å². The molecule has 21 nitrogen and oxygen atoms in total. The van der Waals surface area contributed by atoms with E-state index in [1.54, 1.807) is 14.2 Å². The van der Waals surface area contributed by atoms with Crippen molar-refractivity contribution < 1.29 is 67.3 Å². The van der Waals surface area contributed by atoms with Gasteiger partial charge in [0.15, 0.2) is 0 Å². The molecule has 4 fully saturated rings. The average molecular weight is 1710 g/mol. The van der Waals surface area contributed by atoms with Gasteiger partial charge in [0.1, 0.15) is 29.8 Å². The normalized spacial score (nSPS) is 24.7. The van der Waals surface area contributed by atoms with Crippen molar-refractivity contribution in [2.45, 2.75) is 278 Å². The van der Waals surface area contributed by atoms with E-state index in [1.165, 1.54) is 0 Å². The van der Waals surface area contributed by atoms with E-state index < -0.39 is 104 Å². The first kappa shape index (κ1) is 86.0. The van der Waals surface area contributed by atoms with Gasteiger partial charge in [-0.1, -0.05) is 54.6 Å². The third kappa shape index (κ3) is 13.9. The zero-order valence-electron chi connectivity index (χ0n) is 72.5. The Balaban J connectivity index is 0.897. The van der Waals surface area contributed by atoms with Gasteiger partial charge in [-0.15, -0.1) is 0 Å². The van der Waals surface area contributed by atoms with Crippen LogP contribution in [0.25, 0.3) is 10.4 Å². The molecule has 1 amide bonds. The number of carbonyl (C=O) groups is 1. The van der Waals surface area contributed by atoms with Crippen LogP contribution in [0.2, 0.25) is 0 Å². The molecule has 4 unspecified atom stereocenters. The Morgan fingerprint density at radius 1 is 0.596 bits per heavy atom. The average Bonchev–Trinajstić information content (AvgIpc) is 1.51. The molecular formula is C90H124As2N5O16P. The first-order chi connectivity index (χ1) is 53.0. The second kappa shape index (κ2) is 29.3. The molecule has 4 saturated heterocycles. The minimum atomic E-state index is -6.18. The maximum absolute atomic E-state index is 14.8.